The normalized spacial score (nSPS) is 10.8. The van der Waals surface area contributed by atoms with Gasteiger partial charge in [-0.05, 0) is 30.7 Å². The number of halogens is 1. The molecule has 6 nitrogen and oxygen atoms in total. The predicted molar refractivity (Wildman–Crippen MR) is 97.4 cm³/mol. The molecule has 1 heterocycles. The van der Waals surface area contributed by atoms with Crippen molar-refractivity contribution in [2.24, 2.45) is 10.7 Å². The van der Waals surface area contributed by atoms with Gasteiger partial charge >= 0.3 is 0 Å². The van der Waals surface area contributed by atoms with Crippen molar-refractivity contribution < 1.29 is 13.9 Å². The lowest BCUT2D eigenvalue weighted by Gasteiger charge is -2.12. The standard InChI is InChI=1S/C15H19N3O3.HI/c1-10-6-7-21-14(10)9-17-15(16)18-12-8-11(19-2)4-5-13(12)20-3;/h4-8H,9H2,1-3H3,(H3,16,17,18);1H. The molecule has 2 rings (SSSR count). The van der Waals surface area contributed by atoms with Crippen LogP contribution in [0.4, 0.5) is 5.69 Å². The Bertz CT molecular complexity index is 641. The van der Waals surface area contributed by atoms with Gasteiger partial charge in [0.15, 0.2) is 5.96 Å². The fraction of sp³-hybridized carbons (Fsp3) is 0.267. The van der Waals surface area contributed by atoms with Gasteiger partial charge in [0.25, 0.3) is 0 Å². The van der Waals surface area contributed by atoms with Crippen LogP contribution in [0, 0.1) is 6.92 Å². The average molecular weight is 417 g/mol. The van der Waals surface area contributed by atoms with Crippen LogP contribution in [0.3, 0.4) is 0 Å². The summed E-state index contributed by atoms with van der Waals surface area (Å²) >= 11 is 0. The number of furan rings is 1. The maximum atomic E-state index is 5.89. The second-order valence-electron chi connectivity index (χ2n) is 4.42. The molecule has 1 aromatic carbocycles. The van der Waals surface area contributed by atoms with Crippen molar-refractivity contribution in [1.29, 1.82) is 0 Å². The first-order valence-corrected chi connectivity index (χ1v) is 6.46. The van der Waals surface area contributed by atoms with Gasteiger partial charge in [0.1, 0.15) is 23.8 Å². The second kappa shape index (κ2) is 8.52. The van der Waals surface area contributed by atoms with E-state index in [2.05, 4.69) is 10.3 Å². The minimum Gasteiger partial charge on any atom is -0.497 e. The van der Waals surface area contributed by atoms with Crippen LogP contribution >= 0.6 is 24.0 Å². The lowest BCUT2D eigenvalue weighted by Crippen LogP contribution is -2.23. The van der Waals surface area contributed by atoms with E-state index >= 15 is 0 Å². The highest BCUT2D eigenvalue weighted by Gasteiger charge is 2.06. The number of hydrogen-bond donors (Lipinski definition) is 2. The van der Waals surface area contributed by atoms with Gasteiger partial charge in [-0.1, -0.05) is 0 Å². The summed E-state index contributed by atoms with van der Waals surface area (Å²) < 4.78 is 15.8. The molecule has 120 valence electrons. The SMILES string of the molecule is COc1ccc(OC)c(NC(N)=NCc2occc2C)c1.I. The van der Waals surface area contributed by atoms with Crippen LogP contribution in [0.1, 0.15) is 11.3 Å². The van der Waals surface area contributed by atoms with E-state index in [1.807, 2.05) is 19.1 Å². The number of nitrogens with zero attached hydrogens (tertiary/aromatic N) is 1. The van der Waals surface area contributed by atoms with Crippen LogP contribution in [-0.2, 0) is 6.54 Å². The van der Waals surface area contributed by atoms with E-state index in [9.17, 15) is 0 Å². The smallest absolute Gasteiger partial charge is 0.193 e. The molecule has 0 unspecified atom stereocenters. The number of methoxy groups -OCH3 is 2. The molecule has 0 spiro atoms. The van der Waals surface area contributed by atoms with Crippen molar-refractivity contribution in [3.63, 3.8) is 0 Å². The Balaban J connectivity index is 0.00000242. The second-order valence-corrected chi connectivity index (χ2v) is 4.42. The Labute approximate surface area is 146 Å². The molecule has 0 atom stereocenters. The molecule has 0 aliphatic rings. The first kappa shape index (κ1) is 18.1. The fourth-order valence-electron chi connectivity index (χ4n) is 1.81. The number of nitrogens with two attached hydrogens (primary N) is 1. The van der Waals surface area contributed by atoms with Gasteiger partial charge in [-0.2, -0.15) is 0 Å². The Hall–Kier alpha value is -1.90. The number of rotatable bonds is 5. The number of ether oxygens (including phenoxy) is 2. The lowest BCUT2D eigenvalue weighted by atomic mass is 10.2. The highest BCUT2D eigenvalue weighted by atomic mass is 127. The maximum absolute atomic E-state index is 5.89. The van der Waals surface area contributed by atoms with Crippen molar-refractivity contribution in [3.05, 3.63) is 41.9 Å². The molecule has 0 saturated heterocycles. The van der Waals surface area contributed by atoms with Crippen LogP contribution in [0.5, 0.6) is 11.5 Å². The molecule has 0 amide bonds. The number of aliphatic imine (C=N–C) groups is 1. The Kier molecular flexibility index (Phi) is 7.03. The van der Waals surface area contributed by atoms with E-state index < -0.39 is 0 Å². The van der Waals surface area contributed by atoms with E-state index in [4.69, 9.17) is 19.6 Å². The van der Waals surface area contributed by atoms with Crippen LogP contribution < -0.4 is 20.5 Å². The average Bonchev–Trinajstić information content (AvgIpc) is 2.90. The highest BCUT2D eigenvalue weighted by molar-refractivity contribution is 14.0. The molecule has 0 saturated carbocycles. The first-order chi connectivity index (χ1) is 10.1. The Morgan fingerprint density at radius 2 is 2.05 bits per heavy atom. The van der Waals surface area contributed by atoms with E-state index in [1.165, 1.54) is 0 Å². The largest absolute Gasteiger partial charge is 0.497 e. The van der Waals surface area contributed by atoms with Crippen molar-refractivity contribution in [2.75, 3.05) is 19.5 Å². The van der Waals surface area contributed by atoms with Gasteiger partial charge in [0, 0.05) is 6.07 Å². The molecule has 0 bridgehead atoms. The van der Waals surface area contributed by atoms with Gasteiger partial charge in [-0.25, -0.2) is 4.99 Å². The number of anilines is 1. The number of benzene rings is 1. The van der Waals surface area contributed by atoms with E-state index in [1.54, 1.807) is 32.6 Å². The Morgan fingerprint density at radius 1 is 1.27 bits per heavy atom. The topological polar surface area (TPSA) is 82.0 Å². The maximum Gasteiger partial charge on any atom is 0.193 e. The molecule has 7 heteroatoms. The molecule has 2 aromatic rings. The van der Waals surface area contributed by atoms with Gasteiger partial charge in [0.05, 0.1) is 26.2 Å². The molecular formula is C15H20IN3O3. The van der Waals surface area contributed by atoms with Crippen LogP contribution in [0.2, 0.25) is 0 Å². The van der Waals surface area contributed by atoms with Crippen molar-refractivity contribution in [3.8, 4) is 11.5 Å². The monoisotopic (exact) mass is 417 g/mol. The highest BCUT2D eigenvalue weighted by Crippen LogP contribution is 2.28. The van der Waals surface area contributed by atoms with E-state index in [0.29, 0.717) is 23.7 Å². The van der Waals surface area contributed by atoms with Crippen molar-refractivity contribution in [1.82, 2.24) is 0 Å². The third-order valence-corrected chi connectivity index (χ3v) is 3.03. The van der Waals surface area contributed by atoms with Crippen LogP contribution in [0.25, 0.3) is 0 Å². The lowest BCUT2D eigenvalue weighted by molar-refractivity contribution is 0.405. The molecule has 22 heavy (non-hydrogen) atoms. The summed E-state index contributed by atoms with van der Waals surface area (Å²) in [5, 5.41) is 3.00. The summed E-state index contributed by atoms with van der Waals surface area (Å²) in [5.41, 5.74) is 7.62. The summed E-state index contributed by atoms with van der Waals surface area (Å²) in [6, 6.07) is 7.29. The minimum absolute atomic E-state index is 0. The number of guanidine groups is 1. The summed E-state index contributed by atoms with van der Waals surface area (Å²) in [7, 11) is 3.19. The summed E-state index contributed by atoms with van der Waals surface area (Å²) in [6.45, 7) is 2.34. The molecule has 1 aromatic heterocycles. The van der Waals surface area contributed by atoms with E-state index in [-0.39, 0.29) is 29.9 Å². The van der Waals surface area contributed by atoms with Gasteiger partial charge in [-0.3, -0.25) is 0 Å². The summed E-state index contributed by atoms with van der Waals surface area (Å²) in [5.74, 6) is 2.42. The Morgan fingerprint density at radius 3 is 2.64 bits per heavy atom. The van der Waals surface area contributed by atoms with Crippen molar-refractivity contribution >= 4 is 35.6 Å². The third kappa shape index (κ3) is 4.55. The van der Waals surface area contributed by atoms with Crippen LogP contribution in [0.15, 0.2) is 39.9 Å². The zero-order valence-electron chi connectivity index (χ0n) is 12.8. The van der Waals surface area contributed by atoms with Gasteiger partial charge in [-0.15, -0.1) is 24.0 Å². The third-order valence-electron chi connectivity index (χ3n) is 3.03. The van der Waals surface area contributed by atoms with E-state index in [0.717, 1.165) is 11.3 Å². The molecule has 0 fully saturated rings. The predicted octanol–water partition coefficient (Wildman–Crippen LogP) is 3.15. The quantitative estimate of drug-likeness (QED) is 0.444. The number of hydrogen-bond acceptors (Lipinski definition) is 4. The molecule has 3 N–H and O–H groups in total. The zero-order chi connectivity index (χ0) is 15.2. The molecule has 0 aliphatic heterocycles. The van der Waals surface area contributed by atoms with Crippen molar-refractivity contribution in [2.45, 2.75) is 13.5 Å². The molecule has 0 radical (unpaired) electrons. The molecule has 0 aliphatic carbocycles. The van der Waals surface area contributed by atoms with Gasteiger partial charge < -0.3 is 24.9 Å². The number of aryl methyl sites for hydroxylation is 1. The van der Waals surface area contributed by atoms with Crippen LogP contribution in [-0.4, -0.2) is 20.2 Å². The summed E-state index contributed by atoms with van der Waals surface area (Å²) in [4.78, 5) is 4.25. The van der Waals surface area contributed by atoms with Gasteiger partial charge in [0.2, 0.25) is 0 Å². The minimum atomic E-state index is 0. The first-order valence-electron chi connectivity index (χ1n) is 6.46. The zero-order valence-corrected chi connectivity index (χ0v) is 15.1. The molecular weight excluding hydrogens is 397 g/mol. The summed E-state index contributed by atoms with van der Waals surface area (Å²) in [6.07, 6.45) is 1.63. The fourth-order valence-corrected chi connectivity index (χ4v) is 1.81. The number of nitrogens with one attached hydrogen (secondary N) is 1.